The van der Waals surface area contributed by atoms with E-state index < -0.39 is 10.0 Å². The van der Waals surface area contributed by atoms with Crippen LogP contribution in [0.5, 0.6) is 0 Å². The molecule has 1 heterocycles. The molecule has 236 valence electrons. The summed E-state index contributed by atoms with van der Waals surface area (Å²) < 4.78 is 33.5. The minimum absolute atomic E-state index is 0.0502. The number of aryl methyl sites for hydroxylation is 1. The lowest BCUT2D eigenvalue weighted by molar-refractivity contribution is -0.135. The van der Waals surface area contributed by atoms with Gasteiger partial charge in [-0.3, -0.25) is 4.79 Å². The van der Waals surface area contributed by atoms with Gasteiger partial charge < -0.3 is 19.9 Å². The van der Waals surface area contributed by atoms with Gasteiger partial charge in [-0.15, -0.1) is 0 Å². The number of nitrogens with one attached hydrogen (secondary N) is 1. The molecule has 1 N–H and O–H groups in total. The normalized spacial score (nSPS) is 14.2. The van der Waals surface area contributed by atoms with Crippen molar-refractivity contribution >= 4 is 27.6 Å². The first kappa shape index (κ1) is 33.2. The van der Waals surface area contributed by atoms with E-state index in [1.165, 1.54) is 29.1 Å². The molecule has 1 aliphatic rings. The number of piperidine rings is 1. The number of carbonyl (C=O) groups excluding carboxylic acids is 2. The summed E-state index contributed by atoms with van der Waals surface area (Å²) in [6.07, 6.45) is 1.17. The minimum Gasteiger partial charge on any atom is -0.383 e. The van der Waals surface area contributed by atoms with E-state index in [-0.39, 0.29) is 42.6 Å². The van der Waals surface area contributed by atoms with Crippen LogP contribution < -0.4 is 5.32 Å². The van der Waals surface area contributed by atoms with Gasteiger partial charge in [0.2, 0.25) is 15.9 Å². The van der Waals surface area contributed by atoms with Crippen molar-refractivity contribution in [2.45, 2.75) is 57.0 Å². The lowest BCUT2D eigenvalue weighted by Crippen LogP contribution is -2.52. The van der Waals surface area contributed by atoms with Crippen LogP contribution in [0.25, 0.3) is 0 Å². The van der Waals surface area contributed by atoms with Crippen LogP contribution in [-0.2, 0) is 26.1 Å². The Balaban J connectivity index is 1.48. The molecular formula is C34H44N4O5S. The first-order chi connectivity index (χ1) is 21.1. The number of hydrogen-bond acceptors (Lipinski definition) is 5. The molecule has 0 aromatic heterocycles. The number of hydrogen-bond donors (Lipinski definition) is 1. The van der Waals surface area contributed by atoms with Crippen molar-refractivity contribution in [3.8, 4) is 0 Å². The highest BCUT2D eigenvalue weighted by Crippen LogP contribution is 2.23. The van der Waals surface area contributed by atoms with Crippen LogP contribution in [0.2, 0.25) is 0 Å². The Labute approximate surface area is 261 Å². The van der Waals surface area contributed by atoms with E-state index in [1.807, 2.05) is 55.5 Å². The molecule has 4 rings (SSSR count). The molecule has 1 aliphatic heterocycles. The fraction of sp³-hybridized carbons (Fsp3) is 0.412. The molecule has 3 aromatic carbocycles. The summed E-state index contributed by atoms with van der Waals surface area (Å²) in [6.45, 7) is 7.48. The van der Waals surface area contributed by atoms with Crippen LogP contribution in [0, 0.1) is 6.92 Å². The zero-order chi connectivity index (χ0) is 31.7. The van der Waals surface area contributed by atoms with Gasteiger partial charge in [0.25, 0.3) is 0 Å². The van der Waals surface area contributed by atoms with Gasteiger partial charge in [-0.2, -0.15) is 4.31 Å². The van der Waals surface area contributed by atoms with E-state index in [2.05, 4.69) is 19.2 Å². The van der Waals surface area contributed by atoms with E-state index >= 15 is 0 Å². The van der Waals surface area contributed by atoms with Crippen molar-refractivity contribution in [2.75, 3.05) is 45.2 Å². The second-order valence-corrected chi connectivity index (χ2v) is 13.5. The number of rotatable bonds is 12. The number of benzene rings is 3. The molecule has 44 heavy (non-hydrogen) atoms. The quantitative estimate of drug-likeness (QED) is 0.289. The number of urea groups is 1. The molecule has 0 spiro atoms. The zero-order valence-electron chi connectivity index (χ0n) is 26.1. The first-order valence-corrected chi connectivity index (χ1v) is 16.6. The van der Waals surface area contributed by atoms with Gasteiger partial charge in [-0.1, -0.05) is 74.0 Å². The van der Waals surface area contributed by atoms with Crippen molar-refractivity contribution in [1.82, 2.24) is 14.1 Å². The maximum absolute atomic E-state index is 14.0. The Bertz CT molecular complexity index is 1470. The van der Waals surface area contributed by atoms with Crippen LogP contribution in [0.1, 0.15) is 49.3 Å². The van der Waals surface area contributed by atoms with Crippen LogP contribution in [0.15, 0.2) is 83.8 Å². The lowest BCUT2D eigenvalue weighted by atomic mass is 10.0. The summed E-state index contributed by atoms with van der Waals surface area (Å²) in [7, 11) is -2.42. The van der Waals surface area contributed by atoms with Crippen LogP contribution in [0.4, 0.5) is 10.5 Å². The van der Waals surface area contributed by atoms with Gasteiger partial charge in [0, 0.05) is 45.0 Å². The van der Waals surface area contributed by atoms with Crippen molar-refractivity contribution in [3.63, 3.8) is 0 Å². The molecule has 1 fully saturated rings. The maximum atomic E-state index is 14.0. The van der Waals surface area contributed by atoms with Gasteiger partial charge in [-0.25, -0.2) is 13.2 Å². The zero-order valence-corrected chi connectivity index (χ0v) is 26.9. The van der Waals surface area contributed by atoms with E-state index in [9.17, 15) is 18.0 Å². The summed E-state index contributed by atoms with van der Waals surface area (Å²) in [5.74, 6) is 0.129. The number of anilines is 1. The Morgan fingerprint density at radius 1 is 0.955 bits per heavy atom. The largest absolute Gasteiger partial charge is 0.383 e. The SMILES string of the molecule is COCCN(CC(=O)N(Cc1ccc(C)cc1)C1CCN(C(=O)Nc2ccc(C(C)C)cc2)CC1)S(=O)(=O)c1ccccc1. The smallest absolute Gasteiger partial charge is 0.321 e. The number of ether oxygens (including phenoxy) is 1. The molecule has 0 bridgehead atoms. The number of amides is 3. The van der Waals surface area contributed by atoms with Gasteiger partial charge in [-0.05, 0) is 61.1 Å². The number of carbonyl (C=O) groups is 2. The van der Waals surface area contributed by atoms with Crippen molar-refractivity contribution in [2.24, 2.45) is 0 Å². The predicted octanol–water partition coefficient (Wildman–Crippen LogP) is 5.48. The minimum atomic E-state index is -3.92. The molecule has 9 nitrogen and oxygen atoms in total. The molecule has 0 unspecified atom stereocenters. The molecule has 3 amide bonds. The summed E-state index contributed by atoms with van der Waals surface area (Å²) in [5, 5.41) is 2.99. The number of sulfonamides is 1. The van der Waals surface area contributed by atoms with Gasteiger partial charge in [0.05, 0.1) is 18.0 Å². The Kier molecular flexibility index (Phi) is 11.5. The van der Waals surface area contributed by atoms with Gasteiger partial charge in [0.15, 0.2) is 0 Å². The summed E-state index contributed by atoms with van der Waals surface area (Å²) in [4.78, 5) is 30.7. The Morgan fingerprint density at radius 3 is 2.18 bits per heavy atom. The molecule has 0 atom stereocenters. The molecule has 0 radical (unpaired) electrons. The standard InChI is InChI=1S/C34H44N4O5S/c1-26(2)29-14-16-30(17-15-29)35-34(40)36-20-18-31(19-21-36)38(24-28-12-10-27(3)11-13-28)33(39)25-37(22-23-43-4)44(41,42)32-8-6-5-7-9-32/h5-17,26,31H,18-25H2,1-4H3,(H,35,40). The number of methoxy groups -OCH3 is 1. The van der Waals surface area contributed by atoms with E-state index in [0.29, 0.717) is 38.4 Å². The third-order valence-electron chi connectivity index (χ3n) is 8.05. The van der Waals surface area contributed by atoms with E-state index in [1.54, 1.807) is 28.0 Å². The monoisotopic (exact) mass is 620 g/mol. The van der Waals surface area contributed by atoms with Crippen molar-refractivity contribution in [1.29, 1.82) is 0 Å². The van der Waals surface area contributed by atoms with Crippen LogP contribution in [-0.4, -0.2) is 80.4 Å². The second kappa shape index (κ2) is 15.3. The Hall–Kier alpha value is -3.73. The summed E-state index contributed by atoms with van der Waals surface area (Å²) >= 11 is 0. The highest BCUT2D eigenvalue weighted by Gasteiger charge is 2.33. The third-order valence-corrected chi connectivity index (χ3v) is 9.91. The van der Waals surface area contributed by atoms with Crippen LogP contribution >= 0.6 is 0 Å². The van der Waals surface area contributed by atoms with Gasteiger partial charge >= 0.3 is 6.03 Å². The highest BCUT2D eigenvalue weighted by molar-refractivity contribution is 7.89. The molecule has 1 saturated heterocycles. The maximum Gasteiger partial charge on any atom is 0.321 e. The average Bonchev–Trinajstić information content (AvgIpc) is 3.03. The molecule has 0 saturated carbocycles. The molecular weight excluding hydrogens is 576 g/mol. The molecule has 0 aliphatic carbocycles. The highest BCUT2D eigenvalue weighted by atomic mass is 32.2. The first-order valence-electron chi connectivity index (χ1n) is 15.1. The van der Waals surface area contributed by atoms with Crippen LogP contribution in [0.3, 0.4) is 0 Å². The fourth-order valence-electron chi connectivity index (χ4n) is 5.31. The average molecular weight is 621 g/mol. The lowest BCUT2D eigenvalue weighted by Gasteiger charge is -2.39. The summed E-state index contributed by atoms with van der Waals surface area (Å²) in [5.41, 5.74) is 4.03. The molecule has 10 heteroatoms. The van der Waals surface area contributed by atoms with E-state index in [4.69, 9.17) is 4.74 Å². The van der Waals surface area contributed by atoms with Crippen molar-refractivity contribution < 1.29 is 22.7 Å². The number of nitrogens with zero attached hydrogens (tertiary/aromatic N) is 3. The fourth-order valence-corrected chi connectivity index (χ4v) is 6.70. The molecule has 3 aromatic rings. The van der Waals surface area contributed by atoms with Gasteiger partial charge in [0.1, 0.15) is 0 Å². The number of likely N-dealkylation sites (tertiary alicyclic amines) is 1. The van der Waals surface area contributed by atoms with E-state index in [0.717, 1.165) is 16.8 Å². The predicted molar refractivity (Wildman–Crippen MR) is 173 cm³/mol. The third kappa shape index (κ3) is 8.68. The Morgan fingerprint density at radius 2 is 1.59 bits per heavy atom. The summed E-state index contributed by atoms with van der Waals surface area (Å²) in [6, 6.07) is 23.7. The van der Waals surface area contributed by atoms with Crippen molar-refractivity contribution in [3.05, 3.63) is 95.6 Å². The second-order valence-electron chi connectivity index (χ2n) is 11.6. The topological polar surface area (TPSA) is 99.3 Å².